The lowest BCUT2D eigenvalue weighted by Crippen LogP contribution is -2.46. The fraction of sp³-hybridized carbons (Fsp3) is 0.368. The normalized spacial score (nSPS) is 19.9. The van der Waals surface area contributed by atoms with Gasteiger partial charge in [-0.25, -0.2) is 0 Å². The van der Waals surface area contributed by atoms with E-state index < -0.39 is 6.04 Å². The molecule has 25 heavy (non-hydrogen) atoms. The van der Waals surface area contributed by atoms with Crippen molar-refractivity contribution >= 4 is 11.8 Å². The van der Waals surface area contributed by atoms with Gasteiger partial charge in [0.25, 0.3) is 5.91 Å². The highest BCUT2D eigenvalue weighted by Crippen LogP contribution is 2.22. The van der Waals surface area contributed by atoms with Gasteiger partial charge in [0.15, 0.2) is 0 Å². The maximum absolute atomic E-state index is 12.9. The van der Waals surface area contributed by atoms with Crippen LogP contribution in [-0.2, 0) is 4.79 Å². The number of hydrogen-bond donors (Lipinski definition) is 2. The van der Waals surface area contributed by atoms with Gasteiger partial charge in [-0.3, -0.25) is 9.59 Å². The van der Waals surface area contributed by atoms with Crippen molar-refractivity contribution in [2.75, 3.05) is 13.1 Å². The van der Waals surface area contributed by atoms with Gasteiger partial charge in [0.1, 0.15) is 6.04 Å². The zero-order valence-electron chi connectivity index (χ0n) is 14.6. The number of nitrogens with two attached hydrogens (primary N) is 1. The van der Waals surface area contributed by atoms with Crippen LogP contribution in [0.3, 0.4) is 0 Å². The molecule has 1 aromatic heterocycles. The van der Waals surface area contributed by atoms with Crippen LogP contribution in [0.25, 0.3) is 5.69 Å². The third kappa shape index (κ3) is 3.44. The number of hydrogen-bond acceptors (Lipinski definition) is 3. The lowest BCUT2D eigenvalue weighted by atomic mass is 10.1. The fourth-order valence-electron chi connectivity index (χ4n) is 3.37. The molecule has 0 radical (unpaired) electrons. The summed E-state index contributed by atoms with van der Waals surface area (Å²) in [6.07, 6.45) is 4.43. The molecule has 6 heteroatoms. The van der Waals surface area contributed by atoms with Crippen molar-refractivity contribution in [3.05, 3.63) is 53.9 Å². The Hall–Kier alpha value is -2.60. The average molecular weight is 340 g/mol. The van der Waals surface area contributed by atoms with Crippen molar-refractivity contribution < 1.29 is 9.59 Å². The van der Waals surface area contributed by atoms with E-state index in [1.165, 1.54) is 0 Å². The van der Waals surface area contributed by atoms with Gasteiger partial charge in [-0.1, -0.05) is 0 Å². The molecule has 3 rings (SSSR count). The maximum atomic E-state index is 12.9. The van der Waals surface area contributed by atoms with Crippen LogP contribution in [0.15, 0.2) is 42.7 Å². The molecule has 2 atom stereocenters. The van der Waals surface area contributed by atoms with Crippen LogP contribution in [0.2, 0.25) is 0 Å². The molecule has 1 aliphatic rings. The molecular formula is C19H24N4O2. The van der Waals surface area contributed by atoms with E-state index in [-0.39, 0.29) is 17.9 Å². The number of carbonyl (C=O) groups excluding carboxylic acids is 2. The molecule has 0 saturated carbocycles. The number of aromatic nitrogens is 1. The summed E-state index contributed by atoms with van der Waals surface area (Å²) in [5, 5.41) is 2.79. The lowest BCUT2D eigenvalue weighted by molar-refractivity contribution is -0.124. The fourth-order valence-corrected chi connectivity index (χ4v) is 3.37. The Kier molecular flexibility index (Phi) is 4.90. The molecule has 2 heterocycles. The van der Waals surface area contributed by atoms with E-state index in [0.29, 0.717) is 25.1 Å². The Balaban J connectivity index is 1.84. The first-order chi connectivity index (χ1) is 12.0. The molecule has 1 saturated heterocycles. The minimum atomic E-state index is -0.494. The maximum Gasteiger partial charge on any atom is 0.254 e. The third-order valence-corrected chi connectivity index (χ3v) is 4.57. The number of likely N-dealkylation sites (tertiary alicyclic amines) is 1. The average Bonchev–Trinajstić information content (AvgIpc) is 3.24. The summed E-state index contributed by atoms with van der Waals surface area (Å²) < 4.78 is 2.01. The lowest BCUT2D eigenvalue weighted by Gasteiger charge is -2.24. The van der Waals surface area contributed by atoms with Gasteiger partial charge in [-0.05, 0) is 56.2 Å². The predicted molar refractivity (Wildman–Crippen MR) is 96.6 cm³/mol. The number of likely N-dealkylation sites (N-methyl/N-ethyl adjacent to an activating group) is 1. The van der Waals surface area contributed by atoms with Crippen molar-refractivity contribution in [1.82, 2.24) is 14.8 Å². The molecule has 1 fully saturated rings. The molecule has 0 unspecified atom stereocenters. The summed E-state index contributed by atoms with van der Waals surface area (Å²) in [6, 6.07) is 8.87. The van der Waals surface area contributed by atoms with Crippen molar-refractivity contribution in [3.63, 3.8) is 0 Å². The van der Waals surface area contributed by atoms with Crippen LogP contribution in [0, 0.1) is 6.92 Å². The second kappa shape index (κ2) is 7.11. The second-order valence-electron chi connectivity index (χ2n) is 6.46. The first kappa shape index (κ1) is 17.2. The minimum absolute atomic E-state index is 0.135. The van der Waals surface area contributed by atoms with Gasteiger partial charge in [-0.15, -0.1) is 0 Å². The van der Waals surface area contributed by atoms with E-state index in [1.807, 2.05) is 61.1 Å². The quantitative estimate of drug-likeness (QED) is 0.884. The summed E-state index contributed by atoms with van der Waals surface area (Å²) in [7, 11) is 0. The number of aryl methyl sites for hydroxylation is 1. The van der Waals surface area contributed by atoms with Gasteiger partial charge in [-0.2, -0.15) is 0 Å². The number of rotatable bonds is 4. The predicted octanol–water partition coefficient (Wildman–Crippen LogP) is 1.46. The van der Waals surface area contributed by atoms with Crippen molar-refractivity contribution in [1.29, 1.82) is 0 Å². The number of amides is 2. The van der Waals surface area contributed by atoms with Gasteiger partial charge in [0, 0.05) is 42.8 Å². The van der Waals surface area contributed by atoms with Gasteiger partial charge >= 0.3 is 0 Å². The zero-order valence-corrected chi connectivity index (χ0v) is 14.6. The highest BCUT2D eigenvalue weighted by molar-refractivity contribution is 5.98. The van der Waals surface area contributed by atoms with Gasteiger partial charge in [0.05, 0.1) is 0 Å². The number of carbonyl (C=O) groups is 2. The van der Waals surface area contributed by atoms with Crippen LogP contribution in [-0.4, -0.2) is 46.5 Å². The summed E-state index contributed by atoms with van der Waals surface area (Å²) in [5.41, 5.74) is 8.61. The Morgan fingerprint density at radius 3 is 2.64 bits per heavy atom. The molecular weight excluding hydrogens is 316 g/mol. The van der Waals surface area contributed by atoms with Crippen LogP contribution < -0.4 is 11.1 Å². The molecule has 6 nitrogen and oxygen atoms in total. The molecule has 1 aromatic carbocycles. The van der Waals surface area contributed by atoms with Gasteiger partial charge in [0.2, 0.25) is 5.91 Å². The summed E-state index contributed by atoms with van der Waals surface area (Å²) in [5.74, 6) is -0.282. The van der Waals surface area contributed by atoms with Crippen molar-refractivity contribution in [2.45, 2.75) is 32.4 Å². The summed E-state index contributed by atoms with van der Waals surface area (Å²) in [4.78, 5) is 26.8. The van der Waals surface area contributed by atoms with Crippen molar-refractivity contribution in [3.8, 4) is 5.69 Å². The van der Waals surface area contributed by atoms with E-state index in [4.69, 9.17) is 5.73 Å². The first-order valence-corrected chi connectivity index (χ1v) is 8.59. The molecule has 3 N–H and O–H groups in total. The zero-order chi connectivity index (χ0) is 18.0. The van der Waals surface area contributed by atoms with Crippen LogP contribution in [0.4, 0.5) is 0 Å². The van der Waals surface area contributed by atoms with E-state index in [1.54, 1.807) is 4.90 Å². The molecule has 2 aromatic rings. The largest absolute Gasteiger partial charge is 0.355 e. The Bertz CT molecular complexity index is 770. The molecule has 2 amide bonds. The summed E-state index contributed by atoms with van der Waals surface area (Å²) >= 11 is 0. The molecule has 0 spiro atoms. The Morgan fingerprint density at radius 1 is 1.28 bits per heavy atom. The molecule has 132 valence electrons. The topological polar surface area (TPSA) is 80.4 Å². The van der Waals surface area contributed by atoms with Gasteiger partial charge < -0.3 is 20.5 Å². The second-order valence-corrected chi connectivity index (χ2v) is 6.46. The molecule has 0 bridgehead atoms. The molecule has 0 aliphatic carbocycles. The van der Waals surface area contributed by atoms with Crippen molar-refractivity contribution in [2.24, 2.45) is 5.73 Å². The SMILES string of the molecule is CCNC(=O)[C@@H]1C[C@@H](N)CN1C(=O)c1ccc(-n2cccc2)c(C)c1. The highest BCUT2D eigenvalue weighted by atomic mass is 16.2. The highest BCUT2D eigenvalue weighted by Gasteiger charge is 2.38. The first-order valence-electron chi connectivity index (χ1n) is 8.59. The van der Waals surface area contributed by atoms with E-state index in [9.17, 15) is 9.59 Å². The van der Waals surface area contributed by atoms with Crippen LogP contribution >= 0.6 is 0 Å². The monoisotopic (exact) mass is 340 g/mol. The number of nitrogens with zero attached hydrogens (tertiary/aromatic N) is 2. The molecule has 1 aliphatic heterocycles. The number of nitrogens with one attached hydrogen (secondary N) is 1. The van der Waals surface area contributed by atoms with E-state index >= 15 is 0 Å². The summed E-state index contributed by atoms with van der Waals surface area (Å²) in [6.45, 7) is 4.78. The van der Waals surface area contributed by atoms with E-state index in [2.05, 4.69) is 5.32 Å². The minimum Gasteiger partial charge on any atom is -0.355 e. The smallest absolute Gasteiger partial charge is 0.254 e. The van der Waals surface area contributed by atoms with Crippen LogP contribution in [0.5, 0.6) is 0 Å². The van der Waals surface area contributed by atoms with Crippen LogP contribution in [0.1, 0.15) is 29.3 Å². The Labute approximate surface area is 147 Å². The van der Waals surface area contributed by atoms with E-state index in [0.717, 1.165) is 11.3 Å². The third-order valence-electron chi connectivity index (χ3n) is 4.57. The Morgan fingerprint density at radius 2 is 2.00 bits per heavy atom. The number of benzene rings is 1. The standard InChI is InChI=1S/C19H24N4O2/c1-3-21-18(24)17-11-15(20)12-23(17)19(25)14-6-7-16(13(2)10-14)22-8-4-5-9-22/h4-10,15,17H,3,11-12,20H2,1-2H3,(H,21,24)/t15-,17+/m1/s1.